The lowest BCUT2D eigenvalue weighted by Crippen LogP contribution is -2.14. The second-order valence-corrected chi connectivity index (χ2v) is 7.81. The van der Waals surface area contributed by atoms with Crippen LogP contribution in [0.4, 0.5) is 17.3 Å². The maximum Gasteiger partial charge on any atom is 0.257 e. The lowest BCUT2D eigenvalue weighted by molar-refractivity contribution is 0.102. The first-order valence-electron chi connectivity index (χ1n) is 11.1. The average Bonchev–Trinajstić information content (AvgIpc) is 3.23. The number of rotatable bonds is 8. The molecule has 0 bridgehead atoms. The van der Waals surface area contributed by atoms with Gasteiger partial charge in [0.05, 0.1) is 24.0 Å². The molecule has 0 unspecified atom stereocenters. The van der Waals surface area contributed by atoms with E-state index < -0.39 is 0 Å². The number of amides is 1. The number of hydrogen-bond donors (Lipinski definition) is 3. The average molecular weight is 445 g/mol. The standard InChI is InChI=1S/C24H28N8O/c1-5-25-22-15(3)10-18(12-27-22)24(33)29-19-9-7-8-17(11-19)16(4)28-21-13-26-20-14-32(6-2)31-23(20)30-21/h7-14,16H,5-6H2,1-4H3,(H,25,27)(H,29,33)(H,28,30,31)/t16-/m0/s1. The van der Waals surface area contributed by atoms with Gasteiger partial charge in [0.1, 0.15) is 17.2 Å². The molecular weight excluding hydrogens is 416 g/mol. The van der Waals surface area contributed by atoms with Gasteiger partial charge in [0.25, 0.3) is 5.91 Å². The molecule has 9 nitrogen and oxygen atoms in total. The Bertz CT molecular complexity index is 1280. The lowest BCUT2D eigenvalue weighted by Gasteiger charge is -2.16. The second-order valence-electron chi connectivity index (χ2n) is 7.81. The van der Waals surface area contributed by atoms with Gasteiger partial charge in [-0.1, -0.05) is 12.1 Å². The van der Waals surface area contributed by atoms with E-state index in [2.05, 4.69) is 36.0 Å². The van der Waals surface area contributed by atoms with Gasteiger partial charge >= 0.3 is 0 Å². The molecule has 0 aliphatic carbocycles. The van der Waals surface area contributed by atoms with Crippen LogP contribution in [-0.2, 0) is 6.54 Å². The normalized spacial score (nSPS) is 11.9. The molecule has 0 aliphatic rings. The number of carbonyl (C=O) groups is 1. The zero-order chi connectivity index (χ0) is 23.4. The first-order chi connectivity index (χ1) is 16.0. The maximum absolute atomic E-state index is 12.7. The minimum absolute atomic E-state index is 0.0508. The fourth-order valence-electron chi connectivity index (χ4n) is 3.52. The number of aryl methyl sites for hydroxylation is 2. The van der Waals surface area contributed by atoms with E-state index in [0.717, 1.165) is 35.6 Å². The zero-order valence-electron chi connectivity index (χ0n) is 19.3. The Morgan fingerprint density at radius 2 is 2.00 bits per heavy atom. The van der Waals surface area contributed by atoms with E-state index in [0.29, 0.717) is 22.7 Å². The van der Waals surface area contributed by atoms with Crippen LogP contribution >= 0.6 is 0 Å². The Hall–Kier alpha value is -4.01. The highest BCUT2D eigenvalue weighted by molar-refractivity contribution is 6.04. The number of nitrogens with zero attached hydrogens (tertiary/aromatic N) is 5. The minimum atomic E-state index is -0.200. The van der Waals surface area contributed by atoms with Crippen LogP contribution < -0.4 is 16.0 Å². The molecule has 4 rings (SSSR count). The number of carbonyl (C=O) groups excluding carboxylic acids is 1. The highest BCUT2D eigenvalue weighted by Crippen LogP contribution is 2.22. The van der Waals surface area contributed by atoms with Crippen molar-refractivity contribution in [2.75, 3.05) is 22.5 Å². The van der Waals surface area contributed by atoms with E-state index in [4.69, 9.17) is 0 Å². The molecule has 3 aromatic heterocycles. The number of anilines is 3. The first-order valence-corrected chi connectivity index (χ1v) is 11.1. The first kappa shape index (κ1) is 22.2. The molecule has 3 heterocycles. The number of nitrogens with one attached hydrogen (secondary N) is 3. The third kappa shape index (κ3) is 5.08. The quantitative estimate of drug-likeness (QED) is 0.369. The Morgan fingerprint density at radius 3 is 2.76 bits per heavy atom. The van der Waals surface area contributed by atoms with E-state index in [1.54, 1.807) is 12.4 Å². The predicted octanol–water partition coefficient (Wildman–Crippen LogP) is 4.41. The number of hydrogen-bond acceptors (Lipinski definition) is 7. The fourth-order valence-corrected chi connectivity index (χ4v) is 3.52. The smallest absolute Gasteiger partial charge is 0.257 e. The van der Waals surface area contributed by atoms with E-state index in [9.17, 15) is 4.79 Å². The van der Waals surface area contributed by atoms with Gasteiger partial charge in [-0.2, -0.15) is 5.10 Å². The molecule has 0 fully saturated rings. The Morgan fingerprint density at radius 1 is 1.15 bits per heavy atom. The van der Waals surface area contributed by atoms with Crippen LogP contribution in [0, 0.1) is 6.92 Å². The molecule has 3 N–H and O–H groups in total. The third-order valence-electron chi connectivity index (χ3n) is 5.29. The van der Waals surface area contributed by atoms with Crippen molar-refractivity contribution in [2.45, 2.75) is 40.3 Å². The van der Waals surface area contributed by atoms with Crippen molar-refractivity contribution in [3.05, 3.63) is 65.6 Å². The van der Waals surface area contributed by atoms with Gasteiger partial charge < -0.3 is 16.0 Å². The van der Waals surface area contributed by atoms with E-state index >= 15 is 0 Å². The summed E-state index contributed by atoms with van der Waals surface area (Å²) in [6, 6.07) is 9.51. The molecule has 33 heavy (non-hydrogen) atoms. The number of benzene rings is 1. The van der Waals surface area contributed by atoms with Gasteiger partial charge in [0.15, 0.2) is 0 Å². The van der Waals surface area contributed by atoms with Crippen LogP contribution in [0.5, 0.6) is 0 Å². The van der Waals surface area contributed by atoms with Gasteiger partial charge in [0, 0.05) is 25.0 Å². The highest BCUT2D eigenvalue weighted by atomic mass is 16.1. The summed E-state index contributed by atoms with van der Waals surface area (Å²) in [5, 5.41) is 13.9. The molecule has 0 aliphatic heterocycles. The van der Waals surface area contributed by atoms with E-state index in [-0.39, 0.29) is 11.9 Å². The second kappa shape index (κ2) is 9.64. The topological polar surface area (TPSA) is 110 Å². The molecule has 1 atom stereocenters. The summed E-state index contributed by atoms with van der Waals surface area (Å²) in [5.41, 5.74) is 4.54. The number of aromatic nitrogens is 5. The summed E-state index contributed by atoms with van der Waals surface area (Å²) >= 11 is 0. The Kier molecular flexibility index (Phi) is 6.48. The van der Waals surface area contributed by atoms with Crippen molar-refractivity contribution in [1.29, 1.82) is 0 Å². The monoisotopic (exact) mass is 444 g/mol. The summed E-state index contributed by atoms with van der Waals surface area (Å²) in [6.07, 6.45) is 5.17. The summed E-state index contributed by atoms with van der Waals surface area (Å²) in [7, 11) is 0. The summed E-state index contributed by atoms with van der Waals surface area (Å²) in [4.78, 5) is 26.1. The summed E-state index contributed by atoms with van der Waals surface area (Å²) < 4.78 is 1.81. The van der Waals surface area contributed by atoms with Gasteiger partial charge in [-0.15, -0.1) is 0 Å². The van der Waals surface area contributed by atoms with Crippen molar-refractivity contribution in [1.82, 2.24) is 24.7 Å². The molecule has 0 saturated heterocycles. The van der Waals surface area contributed by atoms with Crippen LogP contribution in [0.15, 0.2) is 48.9 Å². The van der Waals surface area contributed by atoms with Crippen molar-refractivity contribution < 1.29 is 4.79 Å². The molecule has 9 heteroatoms. The fraction of sp³-hybridized carbons (Fsp3) is 0.292. The Labute approximate surface area is 192 Å². The summed E-state index contributed by atoms with van der Waals surface area (Å²) in [6.45, 7) is 9.54. The lowest BCUT2D eigenvalue weighted by atomic mass is 10.1. The SMILES string of the molecule is CCNc1ncc(C(=O)Nc2cccc([C@H](C)Nc3cnc4cn(CC)nc4n3)c2)cc1C. The van der Waals surface area contributed by atoms with Crippen LogP contribution in [0.3, 0.4) is 0 Å². The molecular formula is C24H28N8O. The molecule has 1 aromatic carbocycles. The van der Waals surface area contributed by atoms with Crippen LogP contribution in [0.1, 0.15) is 48.3 Å². The maximum atomic E-state index is 12.7. The van der Waals surface area contributed by atoms with Crippen molar-refractivity contribution in [3.8, 4) is 0 Å². The minimum Gasteiger partial charge on any atom is -0.370 e. The molecule has 0 radical (unpaired) electrons. The van der Waals surface area contributed by atoms with Gasteiger partial charge in [-0.25, -0.2) is 15.0 Å². The zero-order valence-corrected chi connectivity index (χ0v) is 19.3. The van der Waals surface area contributed by atoms with Crippen molar-refractivity contribution >= 4 is 34.4 Å². The highest BCUT2D eigenvalue weighted by Gasteiger charge is 2.12. The van der Waals surface area contributed by atoms with Crippen LogP contribution in [0.2, 0.25) is 0 Å². The van der Waals surface area contributed by atoms with Gasteiger partial charge in [-0.3, -0.25) is 9.48 Å². The number of fused-ring (bicyclic) bond motifs is 1. The molecule has 4 aromatic rings. The van der Waals surface area contributed by atoms with Crippen molar-refractivity contribution in [3.63, 3.8) is 0 Å². The number of pyridine rings is 1. The third-order valence-corrected chi connectivity index (χ3v) is 5.29. The van der Waals surface area contributed by atoms with Crippen molar-refractivity contribution in [2.24, 2.45) is 0 Å². The largest absolute Gasteiger partial charge is 0.370 e. The van der Waals surface area contributed by atoms with Gasteiger partial charge in [0.2, 0.25) is 5.65 Å². The molecule has 1 amide bonds. The Balaban J connectivity index is 1.45. The van der Waals surface area contributed by atoms with Crippen LogP contribution in [-0.4, -0.2) is 37.2 Å². The summed E-state index contributed by atoms with van der Waals surface area (Å²) in [5.74, 6) is 1.24. The van der Waals surface area contributed by atoms with E-state index in [1.807, 2.05) is 68.9 Å². The predicted molar refractivity (Wildman–Crippen MR) is 131 cm³/mol. The molecule has 0 saturated carbocycles. The van der Waals surface area contributed by atoms with Crippen LogP contribution in [0.25, 0.3) is 11.2 Å². The molecule has 170 valence electrons. The molecule has 0 spiro atoms. The van der Waals surface area contributed by atoms with Gasteiger partial charge in [-0.05, 0) is 57.0 Å². The van der Waals surface area contributed by atoms with E-state index in [1.165, 1.54) is 0 Å².